The molecule has 7 heteroatoms. The van der Waals surface area contributed by atoms with E-state index in [9.17, 15) is 9.59 Å². The van der Waals surface area contributed by atoms with Crippen LogP contribution in [0.1, 0.15) is 36.2 Å². The van der Waals surface area contributed by atoms with Crippen LogP contribution in [0.2, 0.25) is 0 Å². The molecule has 0 bridgehead atoms. The zero-order chi connectivity index (χ0) is 16.3. The number of carbonyl (C=O) groups excluding carboxylic acids is 2. The molecule has 23 heavy (non-hydrogen) atoms. The van der Waals surface area contributed by atoms with Gasteiger partial charge in [0, 0.05) is 38.1 Å². The van der Waals surface area contributed by atoms with Gasteiger partial charge in [-0.05, 0) is 32.2 Å². The molecule has 2 aliphatic rings. The topological polar surface area (TPSA) is 78.4 Å². The lowest BCUT2D eigenvalue weighted by Crippen LogP contribution is -2.55. The van der Waals surface area contributed by atoms with Gasteiger partial charge in [0.1, 0.15) is 5.69 Å². The van der Waals surface area contributed by atoms with E-state index in [2.05, 4.69) is 20.2 Å². The van der Waals surface area contributed by atoms with Crippen LogP contribution in [0.25, 0.3) is 0 Å². The second-order valence-electron chi connectivity index (χ2n) is 6.31. The van der Waals surface area contributed by atoms with Crippen molar-refractivity contribution in [3.05, 3.63) is 24.3 Å². The summed E-state index contributed by atoms with van der Waals surface area (Å²) in [5, 5.41) is 2.70. The second kappa shape index (κ2) is 6.62. The molecule has 1 spiro atoms. The summed E-state index contributed by atoms with van der Waals surface area (Å²) in [6.07, 6.45) is 8.68. The van der Waals surface area contributed by atoms with Gasteiger partial charge in [0.15, 0.2) is 0 Å². The van der Waals surface area contributed by atoms with Crippen molar-refractivity contribution in [2.24, 2.45) is 0 Å². The Kier molecular flexibility index (Phi) is 4.56. The molecule has 2 aliphatic heterocycles. The Bertz CT molecular complexity index is 569. The highest BCUT2D eigenvalue weighted by molar-refractivity contribution is 5.92. The van der Waals surface area contributed by atoms with Crippen molar-refractivity contribution in [1.82, 2.24) is 25.1 Å². The second-order valence-corrected chi connectivity index (χ2v) is 6.31. The number of hydrogen-bond donors (Lipinski definition) is 1. The molecule has 3 rings (SSSR count). The normalized spacial score (nSPS) is 20.7. The fraction of sp³-hybridized carbons (Fsp3) is 0.625. The number of nitrogens with one attached hydrogen (secondary N) is 1. The van der Waals surface area contributed by atoms with Gasteiger partial charge in [0.25, 0.3) is 5.91 Å². The van der Waals surface area contributed by atoms with Gasteiger partial charge in [-0.15, -0.1) is 0 Å². The number of hydrogen-bond acceptors (Lipinski definition) is 5. The fourth-order valence-corrected chi connectivity index (χ4v) is 3.76. The number of nitrogens with zero attached hydrogens (tertiary/aromatic N) is 4. The summed E-state index contributed by atoms with van der Waals surface area (Å²) in [6.45, 7) is 2.83. The lowest BCUT2D eigenvalue weighted by atomic mass is 9.85. The van der Waals surface area contributed by atoms with E-state index in [1.165, 1.54) is 6.20 Å². The van der Waals surface area contributed by atoms with Gasteiger partial charge in [-0.1, -0.05) is 0 Å². The minimum Gasteiger partial charge on any atom is -0.358 e. The Balaban J connectivity index is 1.63. The van der Waals surface area contributed by atoms with Crippen LogP contribution in [0.15, 0.2) is 18.6 Å². The summed E-state index contributed by atoms with van der Waals surface area (Å²) in [5.41, 5.74) is 0.475. The maximum Gasteiger partial charge on any atom is 0.274 e. The molecular weight excluding hydrogens is 294 g/mol. The molecule has 2 saturated heterocycles. The highest BCUT2D eigenvalue weighted by Crippen LogP contribution is 2.38. The molecule has 0 unspecified atom stereocenters. The third-order valence-corrected chi connectivity index (χ3v) is 5.12. The van der Waals surface area contributed by atoms with Crippen LogP contribution in [-0.4, -0.2) is 70.3 Å². The average Bonchev–Trinajstić information content (AvgIpc) is 2.97. The van der Waals surface area contributed by atoms with Gasteiger partial charge in [-0.2, -0.15) is 0 Å². The molecular formula is C16H23N5O2. The van der Waals surface area contributed by atoms with Crippen molar-refractivity contribution in [3.63, 3.8) is 0 Å². The molecule has 1 aromatic heterocycles. The van der Waals surface area contributed by atoms with E-state index >= 15 is 0 Å². The Morgan fingerprint density at radius 3 is 2.65 bits per heavy atom. The quantitative estimate of drug-likeness (QED) is 0.867. The minimum atomic E-state index is -0.0520. The Morgan fingerprint density at radius 1 is 1.22 bits per heavy atom. The van der Waals surface area contributed by atoms with Crippen molar-refractivity contribution in [1.29, 1.82) is 0 Å². The van der Waals surface area contributed by atoms with Gasteiger partial charge in [-0.3, -0.25) is 19.5 Å². The third kappa shape index (κ3) is 3.19. The summed E-state index contributed by atoms with van der Waals surface area (Å²) in [4.78, 5) is 36.4. The van der Waals surface area contributed by atoms with Crippen molar-refractivity contribution < 1.29 is 9.59 Å². The predicted molar refractivity (Wildman–Crippen MR) is 84.8 cm³/mol. The van der Waals surface area contributed by atoms with Gasteiger partial charge in [0.05, 0.1) is 12.7 Å². The van der Waals surface area contributed by atoms with E-state index in [0.29, 0.717) is 25.3 Å². The Morgan fingerprint density at radius 2 is 2.00 bits per heavy atom. The summed E-state index contributed by atoms with van der Waals surface area (Å²) < 4.78 is 0. The highest BCUT2D eigenvalue weighted by atomic mass is 16.2. The van der Waals surface area contributed by atoms with E-state index in [0.717, 1.165) is 32.2 Å². The molecule has 2 amide bonds. The average molecular weight is 317 g/mol. The van der Waals surface area contributed by atoms with Crippen LogP contribution in [0.5, 0.6) is 0 Å². The first-order valence-electron chi connectivity index (χ1n) is 8.15. The van der Waals surface area contributed by atoms with Gasteiger partial charge in [0.2, 0.25) is 5.91 Å². The van der Waals surface area contributed by atoms with Crippen LogP contribution >= 0.6 is 0 Å². The van der Waals surface area contributed by atoms with E-state index in [1.54, 1.807) is 19.4 Å². The first-order chi connectivity index (χ1) is 11.1. The molecule has 2 fully saturated rings. The molecule has 3 heterocycles. The molecule has 0 aliphatic carbocycles. The number of likely N-dealkylation sites (N-methyl/N-ethyl adjacent to an activating group) is 1. The number of piperidine rings is 1. The SMILES string of the molecule is CNC(=O)CN1CCCC12CCN(C(=O)c1cnccn1)CC2. The summed E-state index contributed by atoms with van der Waals surface area (Å²) in [7, 11) is 1.67. The zero-order valence-corrected chi connectivity index (χ0v) is 13.5. The molecule has 7 nitrogen and oxygen atoms in total. The lowest BCUT2D eigenvalue weighted by molar-refractivity contribution is -0.123. The molecule has 0 atom stereocenters. The molecule has 0 radical (unpaired) electrons. The Hall–Kier alpha value is -2.02. The first kappa shape index (κ1) is 15.9. The van der Waals surface area contributed by atoms with Crippen molar-refractivity contribution in [3.8, 4) is 0 Å². The number of amides is 2. The summed E-state index contributed by atoms with van der Waals surface area (Å²) in [6, 6.07) is 0. The highest BCUT2D eigenvalue weighted by Gasteiger charge is 2.44. The van der Waals surface area contributed by atoms with E-state index in [4.69, 9.17) is 0 Å². The maximum absolute atomic E-state index is 12.5. The number of aromatic nitrogens is 2. The predicted octanol–water partition coefficient (Wildman–Crippen LogP) is 0.293. The largest absolute Gasteiger partial charge is 0.358 e. The van der Waals surface area contributed by atoms with E-state index in [1.807, 2.05) is 4.90 Å². The first-order valence-corrected chi connectivity index (χ1v) is 8.15. The minimum absolute atomic E-state index is 0.0520. The van der Waals surface area contributed by atoms with Crippen LogP contribution in [0.3, 0.4) is 0 Å². The van der Waals surface area contributed by atoms with Gasteiger partial charge < -0.3 is 10.2 Å². The van der Waals surface area contributed by atoms with Crippen LogP contribution in [0.4, 0.5) is 0 Å². The number of likely N-dealkylation sites (tertiary alicyclic amines) is 2. The molecule has 0 aromatic carbocycles. The van der Waals surface area contributed by atoms with Crippen molar-refractivity contribution in [2.45, 2.75) is 31.2 Å². The smallest absolute Gasteiger partial charge is 0.274 e. The molecule has 1 N–H and O–H groups in total. The molecule has 0 saturated carbocycles. The van der Waals surface area contributed by atoms with E-state index < -0.39 is 0 Å². The zero-order valence-electron chi connectivity index (χ0n) is 13.5. The van der Waals surface area contributed by atoms with Crippen molar-refractivity contribution in [2.75, 3.05) is 33.2 Å². The van der Waals surface area contributed by atoms with Crippen molar-refractivity contribution >= 4 is 11.8 Å². The number of carbonyl (C=O) groups is 2. The van der Waals surface area contributed by atoms with Crippen LogP contribution < -0.4 is 5.32 Å². The third-order valence-electron chi connectivity index (χ3n) is 5.12. The summed E-state index contributed by atoms with van der Waals surface area (Å²) >= 11 is 0. The standard InChI is InChI=1S/C16H23N5O2/c1-17-14(22)12-21-8-2-3-16(21)4-9-20(10-5-16)15(23)13-11-18-6-7-19-13/h6-7,11H,2-5,8-10,12H2,1H3,(H,17,22). The monoisotopic (exact) mass is 317 g/mol. The van der Waals surface area contributed by atoms with Gasteiger partial charge in [-0.25, -0.2) is 4.98 Å². The fourth-order valence-electron chi connectivity index (χ4n) is 3.76. The molecule has 1 aromatic rings. The molecule has 124 valence electrons. The maximum atomic E-state index is 12.5. The lowest BCUT2D eigenvalue weighted by Gasteiger charge is -2.44. The van der Waals surface area contributed by atoms with Gasteiger partial charge >= 0.3 is 0 Å². The van der Waals surface area contributed by atoms with Crippen LogP contribution in [0, 0.1) is 0 Å². The summed E-state index contributed by atoms with van der Waals surface area (Å²) in [5.74, 6) is 0.00754. The van der Waals surface area contributed by atoms with Crippen LogP contribution in [-0.2, 0) is 4.79 Å². The number of rotatable bonds is 3. The van der Waals surface area contributed by atoms with E-state index in [-0.39, 0.29) is 17.4 Å². The Labute approximate surface area is 136 Å².